The van der Waals surface area contributed by atoms with E-state index in [-0.39, 0.29) is 287 Å². The van der Waals surface area contributed by atoms with Crippen molar-refractivity contribution in [2.45, 2.75) is 103 Å². The number of fused-ring (bicyclic) bond motifs is 20. The lowest BCUT2D eigenvalue weighted by Gasteiger charge is -2.23. The number of aromatic nitrogens is 8. The number of nitrogens with one attached hydrogen (secondary N) is 2. The average molecular weight is 1640 g/mol. The highest BCUT2D eigenvalue weighted by molar-refractivity contribution is 6.16. The van der Waals surface area contributed by atoms with Crippen molar-refractivity contribution in [1.29, 1.82) is 0 Å². The molecule has 0 saturated carbocycles. The van der Waals surface area contributed by atoms with Crippen molar-refractivity contribution in [3.05, 3.63) is 202 Å². The normalized spacial score (nSPS) is 10.9. The summed E-state index contributed by atoms with van der Waals surface area (Å²) in [6.45, 7) is 66.6. The molecule has 2 aliphatic rings. The predicted molar refractivity (Wildman–Crippen MR) is 481 cm³/mol. The van der Waals surface area contributed by atoms with Crippen LogP contribution in [0, 0.1) is 0 Å². The summed E-state index contributed by atoms with van der Waals surface area (Å²) in [6.07, 6.45) is 34.2. The van der Waals surface area contributed by atoms with Gasteiger partial charge in [0.2, 0.25) is 46.0 Å². The SMILES string of the molecule is C=CCCOc1c(OCCC=C)c(OCCC=C)c2c(c1OCCC=C)-c1nc-2nc2[nH]c(nc3nc(nc4[nH]c(n1)c1c(OCCC=C)c(OCCC=C)c(OCCC=C)c(OCCC=C)c41)-c1c(OCCC=C)c(OCCC=C)c(OCCC=C)c(OCCC=C)c1-3)c1c(OCCC=C)c(OCCC=C)c(OCCC=C)c(OCCC=C)c21. The quantitative estimate of drug-likeness (QED) is 0.0265. The fraction of sp³-hybridized carbons (Fsp3) is 0.333. The maximum absolute atomic E-state index is 7.14. The van der Waals surface area contributed by atoms with Gasteiger partial charge in [-0.3, -0.25) is 0 Å². The largest absolute Gasteiger partial charge is 0.488 e. The molecule has 2 aliphatic heterocycles. The molecule has 4 aromatic carbocycles. The molecular formula is C96H114N8O16. The van der Waals surface area contributed by atoms with E-state index in [9.17, 15) is 0 Å². The van der Waals surface area contributed by atoms with E-state index in [2.05, 4.69) is 115 Å². The Hall–Kier alpha value is -13.1. The van der Waals surface area contributed by atoms with E-state index in [0.29, 0.717) is 103 Å². The van der Waals surface area contributed by atoms with Gasteiger partial charge in [0, 0.05) is 0 Å². The third-order valence-electron chi connectivity index (χ3n) is 18.0. The van der Waals surface area contributed by atoms with Crippen molar-refractivity contribution in [3.8, 4) is 138 Å². The summed E-state index contributed by atoms with van der Waals surface area (Å²) in [4.78, 5) is 41.8. The molecule has 0 amide bonds. The Labute approximate surface area is 704 Å². The van der Waals surface area contributed by atoms with Crippen molar-refractivity contribution in [3.63, 3.8) is 0 Å². The lowest BCUT2D eigenvalue weighted by Crippen LogP contribution is -2.10. The summed E-state index contributed by atoms with van der Waals surface area (Å²) in [5.41, 5.74) is 1.35. The summed E-state index contributed by atoms with van der Waals surface area (Å²) in [7, 11) is 0. The van der Waals surface area contributed by atoms with Gasteiger partial charge in [-0.2, -0.15) is 0 Å². The highest BCUT2D eigenvalue weighted by Crippen LogP contribution is 2.62. The van der Waals surface area contributed by atoms with Crippen LogP contribution in [0.25, 0.3) is 89.7 Å². The van der Waals surface area contributed by atoms with Gasteiger partial charge < -0.3 is 85.8 Å². The van der Waals surface area contributed by atoms with Gasteiger partial charge in [0.15, 0.2) is 69.3 Å². The second-order valence-electron chi connectivity index (χ2n) is 26.7. The molecule has 24 nitrogen and oxygen atoms in total. The number of hydrogen-bond donors (Lipinski definition) is 2. The second-order valence-corrected chi connectivity index (χ2v) is 26.7. The molecule has 2 N–H and O–H groups in total. The Morgan fingerprint density at radius 3 is 0.408 bits per heavy atom. The van der Waals surface area contributed by atoms with Gasteiger partial charge in [0.25, 0.3) is 0 Å². The number of benzene rings is 4. The minimum Gasteiger partial charge on any atom is -0.488 e. The van der Waals surface area contributed by atoms with Crippen LogP contribution >= 0.6 is 0 Å². The molecule has 0 fully saturated rings. The van der Waals surface area contributed by atoms with E-state index in [1.54, 1.807) is 97.2 Å². The Morgan fingerprint density at radius 2 is 0.275 bits per heavy atom. The average Bonchev–Trinajstić information content (AvgIpc) is 1.55. The van der Waals surface area contributed by atoms with Gasteiger partial charge in [0.05, 0.1) is 150 Å². The van der Waals surface area contributed by atoms with Crippen LogP contribution in [0.3, 0.4) is 0 Å². The lowest BCUT2D eigenvalue weighted by atomic mass is 10.0. The van der Waals surface area contributed by atoms with E-state index in [1.165, 1.54) is 0 Å². The van der Waals surface area contributed by atoms with Gasteiger partial charge in [-0.15, -0.1) is 105 Å². The van der Waals surface area contributed by atoms with E-state index in [4.69, 9.17) is 106 Å². The Morgan fingerprint density at radius 1 is 0.158 bits per heavy atom. The predicted octanol–water partition coefficient (Wildman–Crippen LogP) is 22.1. The van der Waals surface area contributed by atoms with Gasteiger partial charge in [-0.05, 0) is 103 Å². The van der Waals surface area contributed by atoms with Crippen LogP contribution in [0.5, 0.6) is 92.0 Å². The van der Waals surface area contributed by atoms with E-state index in [0.717, 1.165) is 0 Å². The maximum atomic E-state index is 7.14. The number of aromatic amines is 2. The van der Waals surface area contributed by atoms with E-state index >= 15 is 0 Å². The summed E-state index contributed by atoms with van der Waals surface area (Å²) >= 11 is 0. The van der Waals surface area contributed by atoms with Crippen LogP contribution < -0.4 is 75.8 Å². The van der Waals surface area contributed by atoms with Crippen molar-refractivity contribution in [2.75, 3.05) is 106 Å². The van der Waals surface area contributed by atoms with Gasteiger partial charge in [-0.1, -0.05) is 97.2 Å². The highest BCUT2D eigenvalue weighted by atomic mass is 16.6. The molecule has 0 atom stereocenters. The Kier molecular flexibility index (Phi) is 36.7. The molecule has 0 radical (unpaired) electrons. The summed E-state index contributed by atoms with van der Waals surface area (Å²) in [5, 5.41) is 1.12. The molecule has 8 bridgehead atoms. The van der Waals surface area contributed by atoms with Crippen LogP contribution in [0.15, 0.2) is 202 Å². The second kappa shape index (κ2) is 48.6. The van der Waals surface area contributed by atoms with E-state index in [1.807, 2.05) is 0 Å². The highest BCUT2D eigenvalue weighted by Gasteiger charge is 2.41. The summed E-state index contributed by atoms with van der Waals surface area (Å²) in [6, 6.07) is 0. The van der Waals surface area contributed by atoms with E-state index < -0.39 is 0 Å². The van der Waals surface area contributed by atoms with Crippen LogP contribution in [-0.4, -0.2) is 146 Å². The van der Waals surface area contributed by atoms with Crippen molar-refractivity contribution in [2.24, 2.45) is 0 Å². The fourth-order valence-electron chi connectivity index (χ4n) is 12.4. The minimum absolute atomic E-state index is 0.00254. The maximum Gasteiger partial charge on any atom is 0.208 e. The molecule has 9 rings (SSSR count). The summed E-state index contributed by atoms with van der Waals surface area (Å²) in [5.74, 6) is 2.56. The van der Waals surface area contributed by atoms with Crippen molar-refractivity contribution >= 4 is 44.1 Å². The molecule has 5 heterocycles. The van der Waals surface area contributed by atoms with Crippen LogP contribution in [0.1, 0.15) is 103 Å². The number of ether oxygens (including phenoxy) is 16. The Balaban J connectivity index is 1.78. The topological polar surface area (TPSA) is 257 Å². The molecule has 7 aromatic rings. The molecule has 0 aliphatic carbocycles. The molecule has 120 heavy (non-hydrogen) atoms. The molecule has 24 heteroatoms. The standard InChI is InChI=1S/C96H114N8O16/c1-17-33-49-105-73-65-66(74(106-50-34-18-2)82(114-58-42-26-10)81(73)113-57-41-25-9)90-97-89(65)101-91-67-68(76(108-52-36-20-4)84(116-60-44-28-12)83(115-59-43-27-11)75(67)107-51-35-19-3)93(98-91)103-95-71-72(80(112-56-40-24-8)88(120-64-48-32-16)87(119-63-47-31-15)79(71)111-55-39-23-7)96(100-95)104-94-70-69(92(99-94)102-90)77(109-53-37-21-5)85(117-61-45-29-13)86(118-62-46-30-14)78(70)110-54-38-22-6/h17-32H,1-16,33-64H2,(H2,97,98,99,100,101,102,103,104). The first-order chi connectivity index (χ1) is 59.0. The van der Waals surface area contributed by atoms with Crippen molar-refractivity contribution < 1.29 is 75.8 Å². The molecular weight excluding hydrogens is 1520 g/mol. The van der Waals surface area contributed by atoms with Gasteiger partial charge in [0.1, 0.15) is 22.6 Å². The minimum atomic E-state index is -0.00254. The van der Waals surface area contributed by atoms with Gasteiger partial charge >= 0.3 is 0 Å². The van der Waals surface area contributed by atoms with Gasteiger partial charge in [-0.25, -0.2) is 29.9 Å². The number of rotatable bonds is 64. The van der Waals surface area contributed by atoms with Crippen LogP contribution in [0.2, 0.25) is 0 Å². The number of nitrogens with zero attached hydrogens (tertiary/aromatic N) is 6. The number of hydrogen-bond acceptors (Lipinski definition) is 22. The zero-order chi connectivity index (χ0) is 85.4. The first kappa shape index (κ1) is 90.8. The molecule has 634 valence electrons. The first-order valence-electron chi connectivity index (χ1n) is 40.6. The third-order valence-corrected chi connectivity index (χ3v) is 18.0. The molecule has 0 saturated heterocycles. The fourth-order valence-corrected chi connectivity index (χ4v) is 12.4. The first-order valence-corrected chi connectivity index (χ1v) is 40.6. The van der Waals surface area contributed by atoms with Crippen LogP contribution in [0.4, 0.5) is 0 Å². The zero-order valence-corrected chi connectivity index (χ0v) is 69.4. The molecule has 0 spiro atoms. The molecule has 3 aromatic heterocycles. The third kappa shape index (κ3) is 22.0. The molecule has 0 unspecified atom stereocenters. The number of H-pyrrole nitrogens is 2. The zero-order valence-electron chi connectivity index (χ0n) is 69.4. The smallest absolute Gasteiger partial charge is 0.208 e. The Bertz CT molecular complexity index is 4440. The summed E-state index contributed by atoms with van der Waals surface area (Å²) < 4.78 is 113. The monoisotopic (exact) mass is 1630 g/mol. The van der Waals surface area contributed by atoms with Crippen molar-refractivity contribution in [1.82, 2.24) is 39.9 Å². The van der Waals surface area contributed by atoms with Crippen LogP contribution in [-0.2, 0) is 0 Å². The lowest BCUT2D eigenvalue weighted by molar-refractivity contribution is 0.234.